The van der Waals surface area contributed by atoms with Crippen LogP contribution in [0.3, 0.4) is 0 Å². The number of likely N-dealkylation sites (tertiary alicyclic amines) is 1. The summed E-state index contributed by atoms with van der Waals surface area (Å²) in [5, 5.41) is 12.8. The number of ether oxygens (including phenoxy) is 1. The monoisotopic (exact) mass is 496 g/mol. The highest BCUT2D eigenvalue weighted by atomic mass is 16.5. The highest BCUT2D eigenvalue weighted by Gasteiger charge is 2.32. The van der Waals surface area contributed by atoms with Crippen LogP contribution in [0.1, 0.15) is 41.9 Å². The summed E-state index contributed by atoms with van der Waals surface area (Å²) in [7, 11) is 1.67. The number of carbonyl (C=O) groups is 2. The SMILES string of the molecule is COc1ccc(-c2ccc(C#N)cc2)cc1CNC1CCN(C(=O)CCC(N)=O)CC1c1ccccc1. The van der Waals surface area contributed by atoms with Gasteiger partial charge in [0.05, 0.1) is 18.7 Å². The lowest BCUT2D eigenvalue weighted by Crippen LogP contribution is -2.49. The molecular formula is C30H32N4O3. The standard InChI is InChI=1S/C30H32N4O3/c1-37-28-12-11-24(22-9-7-21(18-31)8-10-22)17-25(28)19-33-27-15-16-34(30(36)14-13-29(32)35)20-26(27)23-5-3-2-4-6-23/h2-12,17,26-27,33H,13-16,19-20H2,1H3,(H2,32,35). The van der Waals surface area contributed by atoms with E-state index in [1.54, 1.807) is 7.11 Å². The van der Waals surface area contributed by atoms with Gasteiger partial charge in [-0.1, -0.05) is 48.5 Å². The van der Waals surface area contributed by atoms with Crippen molar-refractivity contribution in [3.05, 3.63) is 89.5 Å². The Labute approximate surface area is 217 Å². The second-order valence-electron chi connectivity index (χ2n) is 9.32. The van der Waals surface area contributed by atoms with Crippen molar-refractivity contribution in [3.63, 3.8) is 0 Å². The van der Waals surface area contributed by atoms with Crippen molar-refractivity contribution in [2.45, 2.75) is 37.8 Å². The largest absolute Gasteiger partial charge is 0.496 e. The molecule has 1 fully saturated rings. The number of piperidine rings is 1. The molecule has 3 aromatic carbocycles. The van der Waals surface area contributed by atoms with Gasteiger partial charge in [0, 0.05) is 50.0 Å². The molecule has 2 atom stereocenters. The number of hydrogen-bond acceptors (Lipinski definition) is 5. The first-order valence-corrected chi connectivity index (χ1v) is 12.5. The molecule has 1 aliphatic heterocycles. The number of nitrogens with zero attached hydrogens (tertiary/aromatic N) is 2. The van der Waals surface area contributed by atoms with Crippen molar-refractivity contribution >= 4 is 11.8 Å². The molecule has 0 aliphatic carbocycles. The second kappa shape index (κ2) is 12.2. The van der Waals surface area contributed by atoms with E-state index in [0.717, 1.165) is 28.9 Å². The van der Waals surface area contributed by atoms with E-state index in [1.165, 1.54) is 5.56 Å². The summed E-state index contributed by atoms with van der Waals surface area (Å²) in [5.74, 6) is 0.428. The minimum Gasteiger partial charge on any atom is -0.496 e. The van der Waals surface area contributed by atoms with Crippen molar-refractivity contribution in [1.82, 2.24) is 10.2 Å². The molecule has 0 spiro atoms. The van der Waals surface area contributed by atoms with Crippen LogP contribution in [-0.4, -0.2) is 43.0 Å². The molecule has 7 heteroatoms. The Morgan fingerprint density at radius 2 is 1.78 bits per heavy atom. The van der Waals surface area contributed by atoms with Gasteiger partial charge in [0.1, 0.15) is 5.75 Å². The van der Waals surface area contributed by atoms with Gasteiger partial charge in [-0.05, 0) is 47.4 Å². The van der Waals surface area contributed by atoms with Crippen LogP contribution in [0.15, 0.2) is 72.8 Å². The highest BCUT2D eigenvalue weighted by molar-refractivity contribution is 5.83. The van der Waals surface area contributed by atoms with Crippen molar-refractivity contribution < 1.29 is 14.3 Å². The van der Waals surface area contributed by atoms with E-state index in [2.05, 4.69) is 29.6 Å². The normalized spacial score (nSPS) is 17.1. The number of methoxy groups -OCH3 is 1. The molecule has 1 saturated heterocycles. The van der Waals surface area contributed by atoms with Crippen LogP contribution in [0.25, 0.3) is 11.1 Å². The predicted molar refractivity (Wildman–Crippen MR) is 143 cm³/mol. The van der Waals surface area contributed by atoms with Crippen LogP contribution < -0.4 is 15.8 Å². The van der Waals surface area contributed by atoms with Gasteiger partial charge in [0.25, 0.3) is 0 Å². The summed E-state index contributed by atoms with van der Waals surface area (Å²) in [6, 6.07) is 26.2. The number of nitrogens with two attached hydrogens (primary N) is 1. The number of primary amides is 1. The molecule has 37 heavy (non-hydrogen) atoms. The summed E-state index contributed by atoms with van der Waals surface area (Å²) >= 11 is 0. The Morgan fingerprint density at radius 3 is 2.46 bits per heavy atom. The van der Waals surface area contributed by atoms with Crippen molar-refractivity contribution in [1.29, 1.82) is 5.26 Å². The van der Waals surface area contributed by atoms with E-state index >= 15 is 0 Å². The van der Waals surface area contributed by atoms with Gasteiger partial charge < -0.3 is 20.7 Å². The molecular weight excluding hydrogens is 464 g/mol. The Kier molecular flexibility index (Phi) is 8.55. The molecule has 3 aromatic rings. The van der Waals surface area contributed by atoms with Gasteiger partial charge in [-0.3, -0.25) is 9.59 Å². The Morgan fingerprint density at radius 1 is 1.05 bits per heavy atom. The molecule has 4 rings (SSSR count). The lowest BCUT2D eigenvalue weighted by molar-refractivity contribution is -0.134. The van der Waals surface area contributed by atoms with Crippen LogP contribution in [0.2, 0.25) is 0 Å². The molecule has 3 N–H and O–H groups in total. The van der Waals surface area contributed by atoms with Crippen LogP contribution >= 0.6 is 0 Å². The fourth-order valence-corrected chi connectivity index (χ4v) is 4.92. The summed E-state index contributed by atoms with van der Waals surface area (Å²) in [6.07, 6.45) is 1.01. The summed E-state index contributed by atoms with van der Waals surface area (Å²) in [4.78, 5) is 25.7. The summed E-state index contributed by atoms with van der Waals surface area (Å²) in [6.45, 7) is 1.82. The number of amides is 2. The topological polar surface area (TPSA) is 108 Å². The zero-order valence-electron chi connectivity index (χ0n) is 21.0. The number of rotatable bonds is 9. The van der Waals surface area contributed by atoms with Gasteiger partial charge in [-0.2, -0.15) is 5.26 Å². The minimum absolute atomic E-state index is 0.0324. The van der Waals surface area contributed by atoms with Gasteiger partial charge in [-0.25, -0.2) is 0 Å². The molecule has 190 valence electrons. The van der Waals surface area contributed by atoms with E-state index in [-0.39, 0.29) is 30.7 Å². The molecule has 2 amide bonds. The molecule has 0 bridgehead atoms. The third-order valence-electron chi connectivity index (χ3n) is 6.96. The quantitative estimate of drug-likeness (QED) is 0.466. The van der Waals surface area contributed by atoms with E-state index in [4.69, 9.17) is 15.7 Å². The minimum atomic E-state index is -0.457. The van der Waals surface area contributed by atoms with Crippen molar-refractivity contribution in [2.24, 2.45) is 5.73 Å². The molecule has 1 heterocycles. The third-order valence-corrected chi connectivity index (χ3v) is 6.96. The van der Waals surface area contributed by atoms with Gasteiger partial charge >= 0.3 is 0 Å². The molecule has 0 radical (unpaired) electrons. The van der Waals surface area contributed by atoms with E-state index in [0.29, 0.717) is 25.2 Å². The zero-order valence-corrected chi connectivity index (χ0v) is 21.0. The first-order chi connectivity index (χ1) is 18.0. The van der Waals surface area contributed by atoms with Crippen LogP contribution in [0, 0.1) is 11.3 Å². The van der Waals surface area contributed by atoms with E-state index in [1.807, 2.05) is 59.5 Å². The number of nitrogens with one attached hydrogen (secondary N) is 1. The number of nitriles is 1. The average Bonchev–Trinajstić information content (AvgIpc) is 2.95. The maximum absolute atomic E-state index is 12.7. The Bertz CT molecular complexity index is 1270. The number of benzene rings is 3. The van der Waals surface area contributed by atoms with E-state index in [9.17, 15) is 9.59 Å². The fourth-order valence-electron chi connectivity index (χ4n) is 4.92. The van der Waals surface area contributed by atoms with Gasteiger partial charge in [0.15, 0.2) is 0 Å². The molecule has 7 nitrogen and oxygen atoms in total. The zero-order chi connectivity index (χ0) is 26.2. The summed E-state index contributed by atoms with van der Waals surface area (Å²) < 4.78 is 5.65. The first-order valence-electron chi connectivity index (χ1n) is 12.5. The van der Waals surface area contributed by atoms with Crippen LogP contribution in [-0.2, 0) is 16.1 Å². The smallest absolute Gasteiger partial charge is 0.223 e. The van der Waals surface area contributed by atoms with Gasteiger partial charge in [-0.15, -0.1) is 0 Å². The second-order valence-corrected chi connectivity index (χ2v) is 9.32. The molecule has 0 saturated carbocycles. The molecule has 2 unspecified atom stereocenters. The molecule has 1 aliphatic rings. The number of carbonyl (C=O) groups excluding carboxylic acids is 2. The predicted octanol–water partition coefficient (Wildman–Crippen LogP) is 3.97. The lowest BCUT2D eigenvalue weighted by Gasteiger charge is -2.39. The van der Waals surface area contributed by atoms with Gasteiger partial charge in [0.2, 0.25) is 11.8 Å². The maximum atomic E-state index is 12.7. The van der Waals surface area contributed by atoms with Crippen LogP contribution in [0.5, 0.6) is 5.75 Å². The first kappa shape index (κ1) is 25.9. The fraction of sp³-hybridized carbons (Fsp3) is 0.300. The number of hydrogen-bond donors (Lipinski definition) is 2. The highest BCUT2D eigenvalue weighted by Crippen LogP contribution is 2.30. The Hall–Kier alpha value is -4.15. The van der Waals surface area contributed by atoms with Crippen molar-refractivity contribution in [2.75, 3.05) is 20.2 Å². The molecule has 0 aromatic heterocycles. The van der Waals surface area contributed by atoms with Crippen molar-refractivity contribution in [3.8, 4) is 22.9 Å². The average molecular weight is 497 g/mol. The lowest BCUT2D eigenvalue weighted by atomic mass is 9.85. The van der Waals surface area contributed by atoms with E-state index < -0.39 is 5.91 Å². The Balaban J connectivity index is 1.51. The van der Waals surface area contributed by atoms with Crippen LogP contribution in [0.4, 0.5) is 0 Å². The third kappa shape index (κ3) is 6.54. The maximum Gasteiger partial charge on any atom is 0.223 e. The summed E-state index contributed by atoms with van der Waals surface area (Å²) in [5.41, 5.74) is 10.2.